The number of hydrogen-bond donors (Lipinski definition) is 2. The second-order valence-corrected chi connectivity index (χ2v) is 7.07. The van der Waals surface area contributed by atoms with Gasteiger partial charge in [-0.2, -0.15) is 9.78 Å². The highest BCUT2D eigenvalue weighted by atomic mass is 35.5. The van der Waals surface area contributed by atoms with Crippen molar-refractivity contribution in [1.82, 2.24) is 19.7 Å². The number of rotatable bonds is 2. The Bertz CT molecular complexity index is 1160. The van der Waals surface area contributed by atoms with Gasteiger partial charge in [0.25, 0.3) is 0 Å². The van der Waals surface area contributed by atoms with Crippen LogP contribution < -0.4 is 5.32 Å². The maximum atomic E-state index is 12.5. The maximum Gasteiger partial charge on any atom is 0.231 e. The van der Waals surface area contributed by atoms with Gasteiger partial charge in [-0.15, -0.1) is 0 Å². The minimum Gasteiger partial charge on any atom is -0.322 e. The van der Waals surface area contributed by atoms with Gasteiger partial charge in [0.1, 0.15) is 5.82 Å². The number of nitrogens with one attached hydrogen (secondary N) is 2. The summed E-state index contributed by atoms with van der Waals surface area (Å²) < 4.78 is 1.67. The molecule has 1 aliphatic rings. The SMILES string of the molecule is Cc1nn(-c2nc3ccccc3[nH]2)c2c1[C@H](c1ccccc1Cl)CC(=O)N2. The van der Waals surface area contributed by atoms with E-state index in [9.17, 15) is 4.79 Å². The lowest BCUT2D eigenvalue weighted by molar-refractivity contribution is -0.116. The number of halogens is 1. The van der Waals surface area contributed by atoms with Gasteiger partial charge in [-0.1, -0.05) is 41.9 Å². The Labute approximate surface area is 160 Å². The molecular weight excluding hydrogens is 362 g/mol. The summed E-state index contributed by atoms with van der Waals surface area (Å²) in [5, 5.41) is 8.28. The van der Waals surface area contributed by atoms with Crippen molar-refractivity contribution < 1.29 is 4.79 Å². The molecule has 4 aromatic rings. The lowest BCUT2D eigenvalue weighted by atomic mass is 9.86. The summed E-state index contributed by atoms with van der Waals surface area (Å²) in [6.45, 7) is 1.94. The first-order chi connectivity index (χ1) is 13.1. The zero-order valence-corrected chi connectivity index (χ0v) is 15.3. The quantitative estimate of drug-likeness (QED) is 0.550. The normalized spacial score (nSPS) is 16.4. The van der Waals surface area contributed by atoms with E-state index in [4.69, 9.17) is 11.6 Å². The van der Waals surface area contributed by atoms with Crippen LogP contribution in [0.25, 0.3) is 17.0 Å². The number of para-hydroxylation sites is 2. The van der Waals surface area contributed by atoms with Crippen LogP contribution in [-0.4, -0.2) is 25.7 Å². The Morgan fingerprint density at radius 1 is 1.15 bits per heavy atom. The molecule has 0 radical (unpaired) electrons. The number of hydrogen-bond acceptors (Lipinski definition) is 3. The van der Waals surface area contributed by atoms with E-state index in [-0.39, 0.29) is 11.8 Å². The third-order valence-corrected chi connectivity index (χ3v) is 5.30. The van der Waals surface area contributed by atoms with Crippen LogP contribution in [0.5, 0.6) is 0 Å². The molecule has 7 heteroatoms. The first kappa shape index (κ1) is 16.1. The van der Waals surface area contributed by atoms with Crippen LogP contribution in [-0.2, 0) is 4.79 Å². The van der Waals surface area contributed by atoms with Crippen LogP contribution in [0.15, 0.2) is 48.5 Å². The zero-order valence-electron chi connectivity index (χ0n) is 14.5. The van der Waals surface area contributed by atoms with Crippen molar-refractivity contribution in [2.24, 2.45) is 0 Å². The molecule has 1 aliphatic heterocycles. The van der Waals surface area contributed by atoms with Crippen LogP contribution in [0.1, 0.15) is 29.2 Å². The van der Waals surface area contributed by atoms with E-state index < -0.39 is 0 Å². The molecule has 3 heterocycles. The van der Waals surface area contributed by atoms with E-state index >= 15 is 0 Å². The third kappa shape index (κ3) is 2.52. The van der Waals surface area contributed by atoms with Gasteiger partial charge < -0.3 is 10.3 Å². The average molecular weight is 378 g/mol. The van der Waals surface area contributed by atoms with Crippen LogP contribution in [0.3, 0.4) is 0 Å². The Balaban J connectivity index is 1.70. The summed E-state index contributed by atoms with van der Waals surface area (Å²) in [6.07, 6.45) is 0.337. The minimum absolute atomic E-state index is 0.0651. The summed E-state index contributed by atoms with van der Waals surface area (Å²) in [5.74, 6) is 1.01. The van der Waals surface area contributed by atoms with E-state index in [1.165, 1.54) is 0 Å². The fourth-order valence-corrected chi connectivity index (χ4v) is 4.03. The monoisotopic (exact) mass is 377 g/mol. The van der Waals surface area contributed by atoms with Gasteiger partial charge in [-0.05, 0) is 30.7 Å². The van der Waals surface area contributed by atoms with Crippen molar-refractivity contribution in [2.45, 2.75) is 19.3 Å². The van der Waals surface area contributed by atoms with Gasteiger partial charge in [0, 0.05) is 22.9 Å². The van der Waals surface area contributed by atoms with Crippen molar-refractivity contribution >= 4 is 34.4 Å². The van der Waals surface area contributed by atoms with Gasteiger partial charge >= 0.3 is 0 Å². The Morgan fingerprint density at radius 3 is 2.74 bits per heavy atom. The molecular formula is C20H16ClN5O. The number of imidazole rings is 1. The molecule has 0 aliphatic carbocycles. The van der Waals surface area contributed by atoms with E-state index in [2.05, 4.69) is 20.4 Å². The van der Waals surface area contributed by atoms with Crippen LogP contribution >= 0.6 is 11.6 Å². The molecule has 27 heavy (non-hydrogen) atoms. The summed E-state index contributed by atoms with van der Waals surface area (Å²) in [5.41, 5.74) is 4.51. The van der Waals surface area contributed by atoms with E-state index in [1.54, 1.807) is 4.68 Å². The molecule has 1 amide bonds. The molecule has 2 aromatic heterocycles. The first-order valence-corrected chi connectivity index (χ1v) is 9.08. The highest BCUT2D eigenvalue weighted by Gasteiger charge is 2.34. The second-order valence-electron chi connectivity index (χ2n) is 6.66. The fourth-order valence-electron chi connectivity index (χ4n) is 3.76. The first-order valence-electron chi connectivity index (χ1n) is 8.70. The van der Waals surface area contributed by atoms with Crippen LogP contribution in [0.4, 0.5) is 5.82 Å². The number of aromatic nitrogens is 4. The van der Waals surface area contributed by atoms with Gasteiger partial charge in [-0.3, -0.25) is 4.79 Å². The molecule has 6 nitrogen and oxygen atoms in total. The second kappa shape index (κ2) is 5.96. The number of anilines is 1. The maximum absolute atomic E-state index is 12.5. The molecule has 0 bridgehead atoms. The highest BCUT2D eigenvalue weighted by Crippen LogP contribution is 2.42. The van der Waals surface area contributed by atoms with Gasteiger partial charge in [0.2, 0.25) is 11.9 Å². The molecule has 0 unspecified atom stereocenters. The van der Waals surface area contributed by atoms with Gasteiger partial charge in [0.15, 0.2) is 0 Å². The summed E-state index contributed by atoms with van der Waals surface area (Å²) in [7, 11) is 0. The largest absolute Gasteiger partial charge is 0.322 e. The average Bonchev–Trinajstić information content (AvgIpc) is 3.22. The summed E-state index contributed by atoms with van der Waals surface area (Å²) in [6, 6.07) is 15.4. The van der Waals surface area contributed by atoms with E-state index in [0.29, 0.717) is 23.2 Å². The van der Waals surface area contributed by atoms with Gasteiger partial charge in [-0.25, -0.2) is 4.98 Å². The van der Waals surface area contributed by atoms with E-state index in [1.807, 2.05) is 55.5 Å². The molecule has 2 N–H and O–H groups in total. The van der Waals surface area contributed by atoms with Crippen LogP contribution in [0, 0.1) is 6.92 Å². The predicted molar refractivity (Wildman–Crippen MR) is 104 cm³/mol. The summed E-state index contributed by atoms with van der Waals surface area (Å²) >= 11 is 6.42. The molecule has 0 saturated heterocycles. The number of aromatic amines is 1. The van der Waals surface area contributed by atoms with Crippen LogP contribution in [0.2, 0.25) is 5.02 Å². The van der Waals surface area contributed by atoms with E-state index in [0.717, 1.165) is 27.9 Å². The molecule has 1 atom stereocenters. The Kier molecular flexibility index (Phi) is 3.55. The fraction of sp³-hybridized carbons (Fsp3) is 0.150. The number of amides is 1. The zero-order chi connectivity index (χ0) is 18.5. The molecule has 0 fully saturated rings. The number of nitrogens with zero attached hydrogens (tertiary/aromatic N) is 3. The van der Waals surface area contributed by atoms with Crippen molar-refractivity contribution in [3.05, 3.63) is 70.4 Å². The molecule has 134 valence electrons. The Morgan fingerprint density at radius 2 is 1.93 bits per heavy atom. The van der Waals surface area contributed by atoms with Crippen molar-refractivity contribution in [2.75, 3.05) is 5.32 Å². The van der Waals surface area contributed by atoms with Gasteiger partial charge in [0.05, 0.1) is 16.7 Å². The number of carbonyl (C=O) groups is 1. The van der Waals surface area contributed by atoms with Crippen molar-refractivity contribution in [3.63, 3.8) is 0 Å². The lowest BCUT2D eigenvalue weighted by Gasteiger charge is -2.24. The smallest absolute Gasteiger partial charge is 0.231 e. The highest BCUT2D eigenvalue weighted by molar-refractivity contribution is 6.31. The number of H-pyrrole nitrogens is 1. The molecule has 2 aromatic carbocycles. The third-order valence-electron chi connectivity index (χ3n) is 4.96. The number of aryl methyl sites for hydroxylation is 1. The molecule has 0 spiro atoms. The molecule has 0 saturated carbocycles. The standard InChI is InChI=1S/C20H16ClN5O/c1-11-18-13(12-6-2-3-7-14(12)21)10-17(27)24-19(18)26(25-11)20-22-15-8-4-5-9-16(15)23-20/h2-9,13H,10H2,1H3,(H,22,23)(H,24,27)/t13-/m0/s1. The number of benzene rings is 2. The lowest BCUT2D eigenvalue weighted by Crippen LogP contribution is -2.25. The molecule has 5 rings (SSSR count). The van der Waals surface area contributed by atoms with Crippen molar-refractivity contribution in [1.29, 1.82) is 0 Å². The summed E-state index contributed by atoms with van der Waals surface area (Å²) in [4.78, 5) is 20.3. The predicted octanol–water partition coefficient (Wildman–Crippen LogP) is 4.18. The number of fused-ring (bicyclic) bond motifs is 2. The minimum atomic E-state index is -0.138. The number of carbonyl (C=O) groups excluding carboxylic acids is 1. The topological polar surface area (TPSA) is 75.6 Å². The Hall–Kier alpha value is -3.12. The van der Waals surface area contributed by atoms with Crippen molar-refractivity contribution in [3.8, 4) is 5.95 Å².